The minimum atomic E-state index is -0.221. The van der Waals surface area contributed by atoms with Gasteiger partial charge in [0.25, 0.3) is 0 Å². The van der Waals surface area contributed by atoms with Crippen LogP contribution in [-0.2, 0) is 5.41 Å². The third kappa shape index (κ3) is 5.00. The van der Waals surface area contributed by atoms with Crippen LogP contribution in [0.15, 0.2) is 205 Å². The van der Waals surface area contributed by atoms with Gasteiger partial charge in [-0.15, -0.1) is 0 Å². The Morgan fingerprint density at radius 1 is 0.407 bits per heavy atom. The molecule has 0 saturated heterocycles. The Kier molecular flexibility index (Phi) is 7.31. The molecule has 0 N–H and O–H groups in total. The molecule has 0 spiro atoms. The molecular formula is C57H39NO. The maximum Gasteiger partial charge on any atom is 0.143 e. The summed E-state index contributed by atoms with van der Waals surface area (Å²) in [4.78, 5) is 2.50. The molecule has 2 nitrogen and oxygen atoms in total. The highest BCUT2D eigenvalue weighted by molar-refractivity contribution is 6.20. The predicted molar refractivity (Wildman–Crippen MR) is 249 cm³/mol. The molecule has 12 rings (SSSR count). The van der Waals surface area contributed by atoms with Crippen molar-refractivity contribution < 1.29 is 4.42 Å². The number of rotatable bonds is 5. The minimum Gasteiger partial charge on any atom is -0.455 e. The van der Waals surface area contributed by atoms with Crippen molar-refractivity contribution in [1.82, 2.24) is 0 Å². The summed E-state index contributed by atoms with van der Waals surface area (Å²) in [6, 6.07) is 73.2. The fourth-order valence-corrected chi connectivity index (χ4v) is 10.2. The van der Waals surface area contributed by atoms with E-state index in [0.29, 0.717) is 0 Å². The van der Waals surface area contributed by atoms with Crippen molar-refractivity contribution in [2.45, 2.75) is 19.3 Å². The van der Waals surface area contributed by atoms with Crippen LogP contribution in [0.25, 0.3) is 87.6 Å². The van der Waals surface area contributed by atoms with Crippen molar-refractivity contribution in [3.8, 4) is 33.4 Å². The van der Waals surface area contributed by atoms with Crippen LogP contribution in [0.5, 0.6) is 0 Å². The Morgan fingerprint density at radius 2 is 1.03 bits per heavy atom. The van der Waals surface area contributed by atoms with Crippen LogP contribution in [-0.4, -0.2) is 0 Å². The summed E-state index contributed by atoms with van der Waals surface area (Å²) in [5.41, 5.74) is 15.0. The molecular weight excluding hydrogens is 715 g/mol. The van der Waals surface area contributed by atoms with Crippen molar-refractivity contribution in [2.75, 3.05) is 4.90 Å². The number of para-hydroxylation sites is 1. The maximum atomic E-state index is 6.72. The number of furan rings is 1. The van der Waals surface area contributed by atoms with Gasteiger partial charge in [-0.2, -0.15) is 0 Å². The number of hydrogen-bond donors (Lipinski definition) is 0. The van der Waals surface area contributed by atoms with Crippen LogP contribution < -0.4 is 4.90 Å². The zero-order valence-corrected chi connectivity index (χ0v) is 32.9. The van der Waals surface area contributed by atoms with E-state index in [0.717, 1.165) is 49.8 Å². The molecule has 1 heterocycles. The van der Waals surface area contributed by atoms with Gasteiger partial charge in [0.15, 0.2) is 0 Å². The molecule has 278 valence electrons. The van der Waals surface area contributed by atoms with E-state index in [9.17, 15) is 0 Å². The van der Waals surface area contributed by atoms with Crippen LogP contribution in [0.3, 0.4) is 0 Å². The molecule has 0 saturated carbocycles. The zero-order valence-electron chi connectivity index (χ0n) is 32.9. The van der Waals surface area contributed by atoms with Gasteiger partial charge in [0, 0.05) is 32.8 Å². The summed E-state index contributed by atoms with van der Waals surface area (Å²) in [7, 11) is 0. The van der Waals surface area contributed by atoms with Crippen molar-refractivity contribution in [2.24, 2.45) is 0 Å². The fraction of sp³-hybridized carbons (Fsp3) is 0.0526. The van der Waals surface area contributed by atoms with E-state index in [1.165, 1.54) is 66.0 Å². The second kappa shape index (κ2) is 12.8. The maximum absolute atomic E-state index is 6.72. The molecule has 0 atom stereocenters. The van der Waals surface area contributed by atoms with Crippen LogP contribution in [0.4, 0.5) is 17.1 Å². The van der Waals surface area contributed by atoms with Crippen molar-refractivity contribution in [3.63, 3.8) is 0 Å². The summed E-state index contributed by atoms with van der Waals surface area (Å²) in [5, 5.41) is 9.62. The lowest BCUT2D eigenvalue weighted by molar-refractivity contribution is 0.661. The minimum absolute atomic E-state index is 0.221. The lowest BCUT2D eigenvalue weighted by Crippen LogP contribution is -2.21. The average molecular weight is 754 g/mol. The molecule has 1 aliphatic rings. The van der Waals surface area contributed by atoms with Gasteiger partial charge in [-0.25, -0.2) is 0 Å². The van der Waals surface area contributed by atoms with Gasteiger partial charge < -0.3 is 9.32 Å². The number of nitrogens with zero attached hydrogens (tertiary/aromatic N) is 1. The SMILES string of the molecule is CC1(C)c2ccccc2-c2cccc(N(c3ccc(-c4cc5ccccc5c5ccccc45)cc3)c3ccccc3-c3cccc4oc5c6ccccc6ccc5c34)c21. The molecule has 0 unspecified atom stereocenters. The molecule has 10 aromatic carbocycles. The Balaban J connectivity index is 1.10. The molecule has 0 aliphatic heterocycles. The number of hydrogen-bond acceptors (Lipinski definition) is 2. The first-order valence-corrected chi connectivity index (χ1v) is 20.5. The summed E-state index contributed by atoms with van der Waals surface area (Å²) < 4.78 is 6.72. The summed E-state index contributed by atoms with van der Waals surface area (Å²) in [6.07, 6.45) is 0. The van der Waals surface area contributed by atoms with E-state index in [2.05, 4.69) is 219 Å². The normalized spacial score (nSPS) is 13.1. The quantitative estimate of drug-likeness (QED) is 0.163. The van der Waals surface area contributed by atoms with Gasteiger partial charge in [-0.3, -0.25) is 0 Å². The average Bonchev–Trinajstić information content (AvgIpc) is 3.79. The van der Waals surface area contributed by atoms with Crippen LogP contribution in [0.1, 0.15) is 25.0 Å². The highest BCUT2D eigenvalue weighted by Gasteiger charge is 2.39. The van der Waals surface area contributed by atoms with Gasteiger partial charge in [-0.1, -0.05) is 172 Å². The zero-order chi connectivity index (χ0) is 39.2. The molecule has 0 radical (unpaired) electrons. The smallest absolute Gasteiger partial charge is 0.143 e. The van der Waals surface area contributed by atoms with E-state index in [4.69, 9.17) is 4.42 Å². The van der Waals surface area contributed by atoms with Crippen LogP contribution in [0.2, 0.25) is 0 Å². The topological polar surface area (TPSA) is 16.4 Å². The van der Waals surface area contributed by atoms with E-state index >= 15 is 0 Å². The first-order valence-electron chi connectivity index (χ1n) is 20.5. The summed E-state index contributed by atoms with van der Waals surface area (Å²) in [5.74, 6) is 0. The standard InChI is InChI=1S/C57H39NO/c1-57(2)50-25-11-9-21-44(50)47-24-13-27-52(55(47)57)58(39-32-29-37(30-33-39)49-35-38-16-4-5-17-40(38)42-19-7-8-20-43(42)49)51-26-12-10-22-45(51)46-23-14-28-53-54(46)48-34-31-36-15-3-6-18-41(36)56(48)59-53/h3-35H,1-2H3. The van der Waals surface area contributed by atoms with E-state index in [1.807, 2.05) is 0 Å². The van der Waals surface area contributed by atoms with E-state index in [1.54, 1.807) is 0 Å². The molecule has 0 amide bonds. The van der Waals surface area contributed by atoms with Crippen molar-refractivity contribution in [1.29, 1.82) is 0 Å². The number of benzene rings is 10. The Labute approximate surface area is 343 Å². The monoisotopic (exact) mass is 753 g/mol. The third-order valence-electron chi connectivity index (χ3n) is 12.8. The lowest BCUT2D eigenvalue weighted by atomic mass is 9.81. The van der Waals surface area contributed by atoms with Crippen molar-refractivity contribution in [3.05, 3.63) is 211 Å². The Bertz CT molecular complexity index is 3480. The molecule has 0 bridgehead atoms. The second-order valence-electron chi connectivity index (χ2n) is 16.4. The number of anilines is 3. The van der Waals surface area contributed by atoms with Gasteiger partial charge in [-0.05, 0) is 108 Å². The summed E-state index contributed by atoms with van der Waals surface area (Å²) in [6.45, 7) is 4.75. The van der Waals surface area contributed by atoms with Crippen LogP contribution in [0, 0.1) is 0 Å². The van der Waals surface area contributed by atoms with Gasteiger partial charge in [0.05, 0.1) is 11.4 Å². The molecule has 0 fully saturated rings. The molecule has 2 heteroatoms. The van der Waals surface area contributed by atoms with Crippen LogP contribution >= 0.6 is 0 Å². The third-order valence-corrected chi connectivity index (χ3v) is 12.8. The summed E-state index contributed by atoms with van der Waals surface area (Å²) >= 11 is 0. The highest BCUT2D eigenvalue weighted by Crippen LogP contribution is 2.55. The first-order chi connectivity index (χ1) is 29.0. The molecule has 11 aromatic rings. The fourth-order valence-electron chi connectivity index (χ4n) is 10.2. The van der Waals surface area contributed by atoms with E-state index in [-0.39, 0.29) is 5.41 Å². The molecule has 59 heavy (non-hydrogen) atoms. The largest absolute Gasteiger partial charge is 0.455 e. The molecule has 1 aliphatic carbocycles. The van der Waals surface area contributed by atoms with E-state index < -0.39 is 0 Å². The first kappa shape index (κ1) is 33.7. The Morgan fingerprint density at radius 3 is 1.88 bits per heavy atom. The number of fused-ring (bicyclic) bond motifs is 11. The highest BCUT2D eigenvalue weighted by atomic mass is 16.3. The lowest BCUT2D eigenvalue weighted by Gasteiger charge is -2.33. The Hall–Kier alpha value is -7.42. The van der Waals surface area contributed by atoms with Gasteiger partial charge >= 0.3 is 0 Å². The predicted octanol–water partition coefficient (Wildman–Crippen LogP) is 16.2. The van der Waals surface area contributed by atoms with Crippen molar-refractivity contribution >= 4 is 71.3 Å². The van der Waals surface area contributed by atoms with Gasteiger partial charge in [0.2, 0.25) is 0 Å². The second-order valence-corrected chi connectivity index (χ2v) is 16.4. The van der Waals surface area contributed by atoms with Gasteiger partial charge in [0.1, 0.15) is 11.2 Å². The molecule has 1 aromatic heterocycles.